The summed E-state index contributed by atoms with van der Waals surface area (Å²) in [5.74, 6) is -0.133. The lowest BCUT2D eigenvalue weighted by Gasteiger charge is -2.25. The number of carbonyl (C=O) groups is 1. The number of aliphatic carboxylic acids is 1. The van der Waals surface area contributed by atoms with Gasteiger partial charge in [0.05, 0.1) is 6.42 Å². The van der Waals surface area contributed by atoms with E-state index < -0.39 is 5.97 Å². The second kappa shape index (κ2) is 5.32. The minimum Gasteiger partial charge on any atom is -0.481 e. The SMILES string of the molecule is CCC(CC(=O)O)N1CCC(CN)C1. The fourth-order valence-electron chi connectivity index (χ4n) is 2.12. The number of likely N-dealkylation sites (tertiary alicyclic amines) is 1. The van der Waals surface area contributed by atoms with Crippen LogP contribution in [0.5, 0.6) is 0 Å². The Morgan fingerprint density at radius 2 is 2.43 bits per heavy atom. The summed E-state index contributed by atoms with van der Waals surface area (Å²) in [5.41, 5.74) is 5.60. The van der Waals surface area contributed by atoms with Crippen LogP contribution in [0.4, 0.5) is 0 Å². The monoisotopic (exact) mass is 200 g/mol. The Balaban J connectivity index is 2.42. The van der Waals surface area contributed by atoms with Crippen LogP contribution in [0.25, 0.3) is 0 Å². The van der Waals surface area contributed by atoms with Gasteiger partial charge >= 0.3 is 5.97 Å². The molecule has 0 spiro atoms. The van der Waals surface area contributed by atoms with Gasteiger partial charge in [0.15, 0.2) is 0 Å². The molecule has 1 heterocycles. The Morgan fingerprint density at radius 1 is 1.71 bits per heavy atom. The Morgan fingerprint density at radius 3 is 2.86 bits per heavy atom. The van der Waals surface area contributed by atoms with E-state index in [1.54, 1.807) is 0 Å². The van der Waals surface area contributed by atoms with Crippen molar-refractivity contribution >= 4 is 5.97 Å². The molecular formula is C10H20N2O2. The third-order valence-electron chi connectivity index (χ3n) is 3.05. The number of nitrogens with zero attached hydrogens (tertiary/aromatic N) is 1. The molecule has 14 heavy (non-hydrogen) atoms. The van der Waals surface area contributed by atoms with Crippen molar-refractivity contribution in [1.82, 2.24) is 4.90 Å². The lowest BCUT2D eigenvalue weighted by atomic mass is 10.1. The predicted molar refractivity (Wildman–Crippen MR) is 55.1 cm³/mol. The van der Waals surface area contributed by atoms with Crippen LogP contribution >= 0.6 is 0 Å². The molecule has 1 rings (SSSR count). The quantitative estimate of drug-likeness (QED) is 0.679. The summed E-state index contributed by atoms with van der Waals surface area (Å²) in [7, 11) is 0. The Bertz CT molecular complexity index is 197. The van der Waals surface area contributed by atoms with Crippen molar-refractivity contribution in [3.63, 3.8) is 0 Å². The van der Waals surface area contributed by atoms with Gasteiger partial charge < -0.3 is 10.8 Å². The molecule has 82 valence electrons. The molecule has 0 aromatic rings. The Kier molecular flexibility index (Phi) is 4.35. The highest BCUT2D eigenvalue weighted by Gasteiger charge is 2.27. The summed E-state index contributed by atoms with van der Waals surface area (Å²) in [6.07, 6.45) is 2.28. The van der Waals surface area contributed by atoms with E-state index in [1.165, 1.54) is 0 Å². The largest absolute Gasteiger partial charge is 0.481 e. The average molecular weight is 200 g/mol. The lowest BCUT2D eigenvalue weighted by molar-refractivity contribution is -0.138. The van der Waals surface area contributed by atoms with E-state index in [-0.39, 0.29) is 12.5 Å². The average Bonchev–Trinajstić information content (AvgIpc) is 2.62. The van der Waals surface area contributed by atoms with Crippen molar-refractivity contribution in [2.75, 3.05) is 19.6 Å². The van der Waals surface area contributed by atoms with Crippen LogP contribution in [0.1, 0.15) is 26.2 Å². The second-order valence-corrected chi connectivity index (χ2v) is 4.05. The number of carboxylic acid groups (broad SMARTS) is 1. The summed E-state index contributed by atoms with van der Waals surface area (Å²) in [5, 5.41) is 8.75. The zero-order chi connectivity index (χ0) is 10.6. The van der Waals surface area contributed by atoms with E-state index in [4.69, 9.17) is 10.8 Å². The highest BCUT2D eigenvalue weighted by Crippen LogP contribution is 2.20. The molecule has 1 saturated heterocycles. The molecule has 4 nitrogen and oxygen atoms in total. The van der Waals surface area contributed by atoms with Crippen LogP contribution < -0.4 is 5.73 Å². The summed E-state index contributed by atoms with van der Waals surface area (Å²) in [4.78, 5) is 12.9. The molecule has 1 fully saturated rings. The van der Waals surface area contributed by atoms with E-state index in [0.29, 0.717) is 5.92 Å². The van der Waals surface area contributed by atoms with Gasteiger partial charge in [0, 0.05) is 12.6 Å². The van der Waals surface area contributed by atoms with E-state index >= 15 is 0 Å². The van der Waals surface area contributed by atoms with Gasteiger partial charge in [-0.1, -0.05) is 6.92 Å². The first kappa shape index (κ1) is 11.5. The van der Waals surface area contributed by atoms with Crippen LogP contribution in [0.3, 0.4) is 0 Å². The summed E-state index contributed by atoms with van der Waals surface area (Å²) >= 11 is 0. The molecule has 0 bridgehead atoms. The molecular weight excluding hydrogens is 180 g/mol. The molecule has 0 amide bonds. The van der Waals surface area contributed by atoms with E-state index in [2.05, 4.69) is 4.90 Å². The first-order valence-corrected chi connectivity index (χ1v) is 5.33. The number of hydrogen-bond donors (Lipinski definition) is 2. The van der Waals surface area contributed by atoms with Gasteiger partial charge in [-0.25, -0.2) is 0 Å². The van der Waals surface area contributed by atoms with Crippen LogP contribution in [-0.2, 0) is 4.79 Å². The van der Waals surface area contributed by atoms with Gasteiger partial charge in [-0.05, 0) is 31.8 Å². The maximum Gasteiger partial charge on any atom is 0.304 e. The van der Waals surface area contributed by atoms with Gasteiger partial charge in [0.2, 0.25) is 0 Å². The first-order valence-electron chi connectivity index (χ1n) is 5.33. The normalized spacial score (nSPS) is 25.1. The smallest absolute Gasteiger partial charge is 0.304 e. The molecule has 0 aromatic carbocycles. The molecule has 1 aliphatic heterocycles. The van der Waals surface area contributed by atoms with Crippen LogP contribution in [0.15, 0.2) is 0 Å². The van der Waals surface area contributed by atoms with Gasteiger partial charge in [0.1, 0.15) is 0 Å². The van der Waals surface area contributed by atoms with Crippen molar-refractivity contribution in [3.8, 4) is 0 Å². The molecule has 3 N–H and O–H groups in total. The molecule has 0 radical (unpaired) electrons. The standard InChI is InChI=1S/C10H20N2O2/c1-2-9(5-10(13)14)12-4-3-8(6-11)7-12/h8-9H,2-7,11H2,1H3,(H,13,14). The van der Waals surface area contributed by atoms with Gasteiger partial charge in [-0.3, -0.25) is 9.69 Å². The molecule has 2 atom stereocenters. The van der Waals surface area contributed by atoms with Crippen molar-refractivity contribution in [3.05, 3.63) is 0 Å². The highest BCUT2D eigenvalue weighted by atomic mass is 16.4. The highest BCUT2D eigenvalue weighted by molar-refractivity contribution is 5.67. The first-order chi connectivity index (χ1) is 6.67. The number of rotatable bonds is 5. The lowest BCUT2D eigenvalue weighted by Crippen LogP contribution is -2.35. The van der Waals surface area contributed by atoms with Gasteiger partial charge in [-0.15, -0.1) is 0 Å². The Hall–Kier alpha value is -0.610. The van der Waals surface area contributed by atoms with E-state index in [0.717, 1.165) is 32.5 Å². The number of nitrogens with two attached hydrogens (primary N) is 1. The van der Waals surface area contributed by atoms with Crippen LogP contribution in [-0.4, -0.2) is 41.7 Å². The van der Waals surface area contributed by atoms with E-state index in [9.17, 15) is 4.79 Å². The van der Waals surface area contributed by atoms with Gasteiger partial charge in [-0.2, -0.15) is 0 Å². The van der Waals surface area contributed by atoms with Gasteiger partial charge in [0.25, 0.3) is 0 Å². The van der Waals surface area contributed by atoms with Crippen molar-refractivity contribution in [1.29, 1.82) is 0 Å². The van der Waals surface area contributed by atoms with Crippen molar-refractivity contribution in [2.24, 2.45) is 11.7 Å². The summed E-state index contributed by atoms with van der Waals surface area (Å²) in [6.45, 7) is 4.75. The molecule has 4 heteroatoms. The third-order valence-corrected chi connectivity index (χ3v) is 3.05. The molecule has 2 unspecified atom stereocenters. The molecule has 0 saturated carbocycles. The third kappa shape index (κ3) is 2.96. The fourth-order valence-corrected chi connectivity index (χ4v) is 2.12. The summed E-state index contributed by atoms with van der Waals surface area (Å²) < 4.78 is 0. The van der Waals surface area contributed by atoms with Crippen molar-refractivity contribution in [2.45, 2.75) is 32.2 Å². The fraction of sp³-hybridized carbons (Fsp3) is 0.900. The minimum atomic E-state index is -0.701. The maximum absolute atomic E-state index is 10.6. The zero-order valence-corrected chi connectivity index (χ0v) is 8.78. The van der Waals surface area contributed by atoms with Crippen LogP contribution in [0, 0.1) is 5.92 Å². The molecule has 0 aliphatic carbocycles. The topological polar surface area (TPSA) is 66.6 Å². The second-order valence-electron chi connectivity index (χ2n) is 4.05. The van der Waals surface area contributed by atoms with E-state index in [1.807, 2.05) is 6.92 Å². The molecule has 0 aromatic heterocycles. The van der Waals surface area contributed by atoms with Crippen molar-refractivity contribution < 1.29 is 9.90 Å². The number of hydrogen-bond acceptors (Lipinski definition) is 3. The minimum absolute atomic E-state index is 0.198. The zero-order valence-electron chi connectivity index (χ0n) is 8.78. The van der Waals surface area contributed by atoms with Crippen LogP contribution in [0.2, 0.25) is 0 Å². The molecule has 1 aliphatic rings. The maximum atomic E-state index is 10.6. The Labute approximate surface area is 85.1 Å². The predicted octanol–water partition coefficient (Wildman–Crippen LogP) is 0.520. The number of carboxylic acids is 1. The summed E-state index contributed by atoms with van der Waals surface area (Å²) in [6, 6.07) is 0.198.